The minimum absolute atomic E-state index is 0.414. The van der Waals surface area contributed by atoms with Gasteiger partial charge in [-0.05, 0) is 19.3 Å². The number of nitrogens with one attached hydrogen (secondary N) is 1. The molecule has 19 heavy (non-hydrogen) atoms. The number of hydrogen-bond donors (Lipinski definition) is 3. The molecular formula is C11H21N3O5. The number of nitrogens with zero attached hydrogens (tertiary/aromatic N) is 1. The highest BCUT2D eigenvalue weighted by Gasteiger charge is 2.17. The van der Waals surface area contributed by atoms with Crippen molar-refractivity contribution in [1.29, 1.82) is 0 Å². The highest BCUT2D eigenvalue weighted by atomic mass is 16.5. The van der Waals surface area contributed by atoms with Crippen molar-refractivity contribution in [3.8, 4) is 0 Å². The molecule has 0 bridgehead atoms. The van der Waals surface area contributed by atoms with E-state index in [1.54, 1.807) is 7.11 Å². The first kappa shape index (κ1) is 17.2. The molecule has 0 radical (unpaired) electrons. The molecule has 4 N–H and O–H groups in total. The number of carboxylic acids is 1. The molecule has 0 rings (SSSR count). The molecule has 0 aromatic heterocycles. The molecule has 0 aliphatic heterocycles. The first-order valence-electron chi connectivity index (χ1n) is 5.99. The molecule has 0 atom stereocenters. The average molecular weight is 275 g/mol. The third kappa shape index (κ3) is 9.83. The number of methoxy groups -OCH3 is 1. The van der Waals surface area contributed by atoms with Gasteiger partial charge in [0.2, 0.25) is 5.91 Å². The van der Waals surface area contributed by atoms with Gasteiger partial charge in [0.1, 0.15) is 13.1 Å². The molecule has 0 aliphatic carbocycles. The summed E-state index contributed by atoms with van der Waals surface area (Å²) in [4.78, 5) is 33.8. The van der Waals surface area contributed by atoms with Gasteiger partial charge in [0.15, 0.2) is 0 Å². The number of amides is 3. The maximum absolute atomic E-state index is 11.6. The van der Waals surface area contributed by atoms with Crippen LogP contribution >= 0.6 is 0 Å². The number of nitrogens with two attached hydrogens (primary N) is 1. The SMILES string of the molecule is COCCCCCNC(=O)N(CC(N)=O)CC(=O)O. The third-order valence-electron chi connectivity index (χ3n) is 2.26. The zero-order valence-corrected chi connectivity index (χ0v) is 11.1. The predicted molar refractivity (Wildman–Crippen MR) is 67.5 cm³/mol. The van der Waals surface area contributed by atoms with Crippen LogP contribution in [0.3, 0.4) is 0 Å². The molecule has 0 aromatic rings. The molecular weight excluding hydrogens is 254 g/mol. The molecule has 3 amide bonds. The number of carboxylic acid groups (broad SMARTS) is 1. The lowest BCUT2D eigenvalue weighted by Gasteiger charge is -2.19. The maximum atomic E-state index is 11.6. The largest absolute Gasteiger partial charge is 0.480 e. The molecule has 110 valence electrons. The van der Waals surface area contributed by atoms with E-state index >= 15 is 0 Å². The average Bonchev–Trinajstić information content (AvgIpc) is 2.31. The van der Waals surface area contributed by atoms with Gasteiger partial charge in [0.05, 0.1) is 0 Å². The summed E-state index contributed by atoms with van der Waals surface area (Å²) in [5, 5.41) is 11.2. The Bertz CT molecular complexity index is 293. The highest BCUT2D eigenvalue weighted by Crippen LogP contribution is 1.95. The number of primary amides is 1. The van der Waals surface area contributed by atoms with Crippen LogP contribution in [0.25, 0.3) is 0 Å². The Kier molecular flexibility index (Phi) is 9.15. The minimum atomic E-state index is -1.20. The molecule has 8 nitrogen and oxygen atoms in total. The lowest BCUT2D eigenvalue weighted by Crippen LogP contribution is -2.46. The molecule has 0 fully saturated rings. The molecule has 0 heterocycles. The van der Waals surface area contributed by atoms with Crippen LogP contribution in [0.15, 0.2) is 0 Å². The van der Waals surface area contributed by atoms with Crippen LogP contribution in [0.5, 0.6) is 0 Å². The summed E-state index contributed by atoms with van der Waals surface area (Å²) in [6, 6.07) is -0.604. The van der Waals surface area contributed by atoms with Gasteiger partial charge in [-0.15, -0.1) is 0 Å². The minimum Gasteiger partial charge on any atom is -0.480 e. The first-order chi connectivity index (χ1) is 8.97. The summed E-state index contributed by atoms with van der Waals surface area (Å²) in [7, 11) is 1.62. The fraction of sp³-hybridized carbons (Fsp3) is 0.727. The van der Waals surface area contributed by atoms with Crippen molar-refractivity contribution < 1.29 is 24.2 Å². The Balaban J connectivity index is 3.96. The van der Waals surface area contributed by atoms with Crippen LogP contribution in [-0.2, 0) is 14.3 Å². The number of urea groups is 1. The number of rotatable bonds is 10. The van der Waals surface area contributed by atoms with E-state index in [2.05, 4.69) is 5.32 Å². The Hall–Kier alpha value is -1.83. The second-order valence-electron chi connectivity index (χ2n) is 4.00. The van der Waals surface area contributed by atoms with Crippen LogP contribution in [0.2, 0.25) is 0 Å². The van der Waals surface area contributed by atoms with Crippen LogP contribution < -0.4 is 11.1 Å². The first-order valence-corrected chi connectivity index (χ1v) is 5.99. The van der Waals surface area contributed by atoms with E-state index in [1.807, 2.05) is 0 Å². The monoisotopic (exact) mass is 275 g/mol. The van der Waals surface area contributed by atoms with Gasteiger partial charge < -0.3 is 25.8 Å². The fourth-order valence-corrected chi connectivity index (χ4v) is 1.41. The van der Waals surface area contributed by atoms with Gasteiger partial charge in [-0.3, -0.25) is 9.59 Å². The van der Waals surface area contributed by atoms with Crippen LogP contribution in [0.4, 0.5) is 4.79 Å². The van der Waals surface area contributed by atoms with E-state index in [-0.39, 0.29) is 0 Å². The van der Waals surface area contributed by atoms with Crippen LogP contribution in [0, 0.1) is 0 Å². The smallest absolute Gasteiger partial charge is 0.323 e. The molecule has 0 aromatic carbocycles. The number of carbonyl (C=O) groups is 3. The topological polar surface area (TPSA) is 122 Å². The lowest BCUT2D eigenvalue weighted by atomic mass is 10.2. The van der Waals surface area contributed by atoms with Crippen molar-refractivity contribution in [1.82, 2.24) is 10.2 Å². The van der Waals surface area contributed by atoms with Gasteiger partial charge in [-0.2, -0.15) is 0 Å². The molecule has 0 saturated heterocycles. The zero-order valence-electron chi connectivity index (χ0n) is 11.1. The normalized spacial score (nSPS) is 9.95. The Morgan fingerprint density at radius 3 is 2.42 bits per heavy atom. The third-order valence-corrected chi connectivity index (χ3v) is 2.26. The van der Waals surface area contributed by atoms with Crippen molar-refractivity contribution in [3.63, 3.8) is 0 Å². The van der Waals surface area contributed by atoms with E-state index in [4.69, 9.17) is 15.6 Å². The Morgan fingerprint density at radius 1 is 1.21 bits per heavy atom. The Morgan fingerprint density at radius 2 is 1.89 bits per heavy atom. The summed E-state index contributed by atoms with van der Waals surface area (Å²) in [6.45, 7) is 0.110. The van der Waals surface area contributed by atoms with Crippen molar-refractivity contribution in [2.24, 2.45) is 5.73 Å². The second-order valence-corrected chi connectivity index (χ2v) is 4.00. The Labute approximate surface area is 111 Å². The standard InChI is InChI=1S/C11H21N3O5/c1-19-6-4-2-3-5-13-11(18)14(7-9(12)15)8-10(16)17/h2-8H2,1H3,(H2,12,15)(H,13,18)(H,16,17). The van der Waals surface area contributed by atoms with Crippen molar-refractivity contribution >= 4 is 17.9 Å². The number of hydrogen-bond acceptors (Lipinski definition) is 4. The molecule has 0 saturated carbocycles. The molecule has 8 heteroatoms. The maximum Gasteiger partial charge on any atom is 0.323 e. The van der Waals surface area contributed by atoms with Crippen molar-refractivity contribution in [2.75, 3.05) is 33.4 Å². The summed E-state index contributed by atoms with van der Waals surface area (Å²) in [5.74, 6) is -1.95. The summed E-state index contributed by atoms with van der Waals surface area (Å²) in [6.07, 6.45) is 2.54. The summed E-state index contributed by atoms with van der Waals surface area (Å²) < 4.78 is 4.88. The van der Waals surface area contributed by atoms with Gasteiger partial charge in [-0.1, -0.05) is 0 Å². The number of aliphatic carboxylic acids is 1. The molecule has 0 spiro atoms. The van der Waals surface area contributed by atoms with Crippen molar-refractivity contribution in [2.45, 2.75) is 19.3 Å². The summed E-state index contributed by atoms with van der Waals surface area (Å²) >= 11 is 0. The van der Waals surface area contributed by atoms with E-state index < -0.39 is 31.0 Å². The van der Waals surface area contributed by atoms with Gasteiger partial charge >= 0.3 is 12.0 Å². The highest BCUT2D eigenvalue weighted by molar-refractivity contribution is 5.85. The van der Waals surface area contributed by atoms with E-state index in [1.165, 1.54) is 0 Å². The fourth-order valence-electron chi connectivity index (χ4n) is 1.41. The summed E-state index contributed by atoms with van der Waals surface area (Å²) in [5.41, 5.74) is 4.95. The van der Waals surface area contributed by atoms with Gasteiger partial charge in [-0.25, -0.2) is 4.79 Å². The quantitative estimate of drug-likeness (QED) is 0.459. The number of unbranched alkanes of at least 4 members (excludes halogenated alkanes) is 2. The predicted octanol–water partition coefficient (Wildman–Crippen LogP) is -0.615. The molecule has 0 aliphatic rings. The lowest BCUT2D eigenvalue weighted by molar-refractivity contribution is -0.137. The van der Waals surface area contributed by atoms with E-state index in [0.717, 1.165) is 24.2 Å². The molecule has 0 unspecified atom stereocenters. The zero-order chi connectivity index (χ0) is 14.7. The van der Waals surface area contributed by atoms with Crippen LogP contribution in [-0.4, -0.2) is 61.3 Å². The van der Waals surface area contributed by atoms with Crippen molar-refractivity contribution in [3.05, 3.63) is 0 Å². The van der Waals surface area contributed by atoms with E-state index in [0.29, 0.717) is 13.2 Å². The van der Waals surface area contributed by atoms with Crippen LogP contribution in [0.1, 0.15) is 19.3 Å². The van der Waals surface area contributed by atoms with Gasteiger partial charge in [0.25, 0.3) is 0 Å². The number of ether oxygens (including phenoxy) is 1. The number of carbonyl (C=O) groups excluding carboxylic acids is 2. The van der Waals surface area contributed by atoms with E-state index in [9.17, 15) is 14.4 Å². The second kappa shape index (κ2) is 10.1. The van der Waals surface area contributed by atoms with Gasteiger partial charge in [0, 0.05) is 20.3 Å².